The van der Waals surface area contributed by atoms with Crippen LogP contribution in [-0.2, 0) is 9.53 Å². The van der Waals surface area contributed by atoms with Crippen LogP contribution in [0.3, 0.4) is 0 Å². The summed E-state index contributed by atoms with van der Waals surface area (Å²) in [5.41, 5.74) is 5.36. The molecule has 0 aromatic carbocycles. The van der Waals surface area contributed by atoms with E-state index in [0.29, 0.717) is 5.57 Å². The van der Waals surface area contributed by atoms with Gasteiger partial charge in [0.05, 0.1) is 7.11 Å². The lowest BCUT2D eigenvalue weighted by Gasteiger charge is -2.24. The smallest absolute Gasteiger partial charge is 0.325 e. The van der Waals surface area contributed by atoms with Gasteiger partial charge in [0.2, 0.25) is 0 Å². The molecular weight excluding hydrogens is 210 g/mol. The maximum atomic E-state index is 11.3. The number of hydrogen-bond acceptors (Lipinski definition) is 5. The van der Waals surface area contributed by atoms with E-state index >= 15 is 0 Å². The maximum Gasteiger partial charge on any atom is 0.325 e. The number of carbonyl (C=O) groups excluding carboxylic acids is 1. The van der Waals surface area contributed by atoms with Crippen LogP contribution < -0.4 is 5.73 Å². The van der Waals surface area contributed by atoms with E-state index in [2.05, 4.69) is 4.74 Å². The van der Waals surface area contributed by atoms with Gasteiger partial charge in [-0.1, -0.05) is 12.2 Å². The quantitative estimate of drug-likeness (QED) is 0.564. The molecule has 0 fully saturated rings. The third kappa shape index (κ3) is 2.91. The summed E-state index contributed by atoms with van der Waals surface area (Å²) < 4.78 is 4.58. The average molecular weight is 227 g/mol. The molecule has 3 atom stereocenters. The molecule has 1 aliphatic carbocycles. The molecule has 0 aliphatic heterocycles. The van der Waals surface area contributed by atoms with Crippen LogP contribution in [0.25, 0.3) is 0 Å². The number of aliphatic hydroxyl groups excluding tert-OH is 2. The van der Waals surface area contributed by atoms with Crippen molar-refractivity contribution in [2.45, 2.75) is 31.1 Å². The van der Waals surface area contributed by atoms with Crippen LogP contribution in [0, 0.1) is 0 Å². The van der Waals surface area contributed by atoms with Crippen LogP contribution in [-0.4, -0.2) is 41.0 Å². The Balaban J connectivity index is 2.72. The van der Waals surface area contributed by atoms with E-state index in [-0.39, 0.29) is 6.42 Å². The van der Waals surface area contributed by atoms with Gasteiger partial charge in [0.1, 0.15) is 17.7 Å². The molecule has 5 nitrogen and oxygen atoms in total. The van der Waals surface area contributed by atoms with Gasteiger partial charge in [0.15, 0.2) is 0 Å². The Morgan fingerprint density at radius 1 is 1.56 bits per heavy atom. The lowest BCUT2D eigenvalue weighted by molar-refractivity contribution is -0.146. The molecule has 2 unspecified atom stereocenters. The van der Waals surface area contributed by atoms with Crippen molar-refractivity contribution in [1.82, 2.24) is 0 Å². The monoisotopic (exact) mass is 227 g/mol. The normalized spacial score (nSPS) is 28.2. The molecule has 0 saturated heterocycles. The maximum absolute atomic E-state index is 11.3. The minimum absolute atomic E-state index is 0.250. The number of ether oxygens (including phenoxy) is 1. The first-order chi connectivity index (χ1) is 7.36. The highest BCUT2D eigenvalue weighted by molar-refractivity contribution is 5.80. The van der Waals surface area contributed by atoms with Crippen molar-refractivity contribution in [3.05, 3.63) is 23.8 Å². The van der Waals surface area contributed by atoms with E-state index in [4.69, 9.17) is 5.73 Å². The molecule has 0 aromatic rings. The second-order valence-corrected chi connectivity index (χ2v) is 4.17. The van der Waals surface area contributed by atoms with Crippen molar-refractivity contribution in [3.8, 4) is 0 Å². The van der Waals surface area contributed by atoms with Gasteiger partial charge in [0, 0.05) is 6.42 Å². The molecule has 0 amide bonds. The van der Waals surface area contributed by atoms with E-state index < -0.39 is 23.7 Å². The molecule has 5 heteroatoms. The number of aliphatic hydroxyl groups is 2. The van der Waals surface area contributed by atoms with Crippen molar-refractivity contribution < 1.29 is 19.7 Å². The van der Waals surface area contributed by atoms with Gasteiger partial charge in [-0.15, -0.1) is 0 Å². The average Bonchev–Trinajstić information content (AvgIpc) is 2.22. The molecule has 0 aromatic heterocycles. The molecule has 0 spiro atoms. The van der Waals surface area contributed by atoms with Crippen LogP contribution in [0.15, 0.2) is 23.8 Å². The third-order valence-corrected chi connectivity index (χ3v) is 2.47. The van der Waals surface area contributed by atoms with E-state index in [1.807, 2.05) is 0 Å². The Kier molecular flexibility index (Phi) is 3.85. The second kappa shape index (κ2) is 4.78. The number of rotatable bonds is 3. The lowest BCUT2D eigenvalue weighted by atomic mass is 9.90. The lowest BCUT2D eigenvalue weighted by Crippen LogP contribution is -2.46. The molecular formula is C11H17NO4. The van der Waals surface area contributed by atoms with Gasteiger partial charge in [0.25, 0.3) is 0 Å². The van der Waals surface area contributed by atoms with Crippen LogP contribution in [0.4, 0.5) is 0 Å². The number of carbonyl (C=O) groups is 1. The fourth-order valence-electron chi connectivity index (χ4n) is 1.56. The first-order valence-electron chi connectivity index (χ1n) is 4.99. The summed E-state index contributed by atoms with van der Waals surface area (Å²) in [6.45, 7) is 1.56. The zero-order valence-corrected chi connectivity index (χ0v) is 9.38. The van der Waals surface area contributed by atoms with Crippen LogP contribution in [0.1, 0.15) is 13.3 Å². The minimum Gasteiger partial charge on any atom is -0.468 e. The highest BCUT2D eigenvalue weighted by Crippen LogP contribution is 2.21. The molecule has 4 N–H and O–H groups in total. The number of methoxy groups -OCH3 is 1. The summed E-state index contributed by atoms with van der Waals surface area (Å²) in [5.74, 6) is -0.512. The fourth-order valence-corrected chi connectivity index (χ4v) is 1.56. The van der Waals surface area contributed by atoms with Gasteiger partial charge in [-0.25, -0.2) is 0 Å². The summed E-state index contributed by atoms with van der Waals surface area (Å²) in [6, 6.07) is 0. The summed E-state index contributed by atoms with van der Waals surface area (Å²) in [4.78, 5) is 11.3. The minimum atomic E-state index is -1.13. The number of allylic oxidation sites excluding steroid dienone is 1. The SMILES string of the molecule is COC(=O)[C@@](C)(N)CC1=CC(O)C(O)C=C1. The summed E-state index contributed by atoms with van der Waals surface area (Å²) >= 11 is 0. The van der Waals surface area contributed by atoms with Gasteiger partial charge in [-0.3, -0.25) is 4.79 Å². The highest BCUT2D eigenvalue weighted by atomic mass is 16.5. The molecule has 0 radical (unpaired) electrons. The molecule has 90 valence electrons. The molecule has 1 aliphatic rings. The molecule has 0 heterocycles. The standard InChI is InChI=1S/C11H17NO4/c1-11(12,10(15)16-2)6-7-3-4-8(13)9(14)5-7/h3-5,8-9,13-14H,6,12H2,1-2H3/t8?,9?,11-/m0/s1. The number of nitrogens with two attached hydrogens (primary N) is 1. The van der Waals surface area contributed by atoms with Crippen LogP contribution in [0.5, 0.6) is 0 Å². The van der Waals surface area contributed by atoms with Crippen molar-refractivity contribution in [3.63, 3.8) is 0 Å². The Bertz CT molecular complexity index is 333. The Labute approximate surface area is 94.2 Å². The summed E-state index contributed by atoms with van der Waals surface area (Å²) in [5, 5.41) is 18.7. The summed E-state index contributed by atoms with van der Waals surface area (Å²) in [7, 11) is 1.27. The first-order valence-corrected chi connectivity index (χ1v) is 4.99. The summed E-state index contributed by atoms with van der Waals surface area (Å²) in [6.07, 6.45) is 3.00. The third-order valence-electron chi connectivity index (χ3n) is 2.47. The fraction of sp³-hybridized carbons (Fsp3) is 0.545. The van der Waals surface area contributed by atoms with Crippen molar-refractivity contribution >= 4 is 5.97 Å². The first kappa shape index (κ1) is 12.9. The Morgan fingerprint density at radius 3 is 2.69 bits per heavy atom. The zero-order chi connectivity index (χ0) is 12.3. The molecule has 0 saturated carbocycles. The predicted molar refractivity (Wildman–Crippen MR) is 58.5 cm³/mol. The Hall–Kier alpha value is -1.17. The number of esters is 1. The van der Waals surface area contributed by atoms with E-state index in [1.54, 1.807) is 13.0 Å². The largest absolute Gasteiger partial charge is 0.468 e. The van der Waals surface area contributed by atoms with Crippen molar-refractivity contribution in [1.29, 1.82) is 0 Å². The number of hydrogen-bond donors (Lipinski definition) is 3. The zero-order valence-electron chi connectivity index (χ0n) is 9.38. The molecule has 1 rings (SSSR count). The predicted octanol–water partition coefficient (Wildman–Crippen LogP) is -0.515. The van der Waals surface area contributed by atoms with Gasteiger partial charge < -0.3 is 20.7 Å². The van der Waals surface area contributed by atoms with Gasteiger partial charge >= 0.3 is 5.97 Å². The van der Waals surface area contributed by atoms with Gasteiger partial charge in [-0.2, -0.15) is 0 Å². The van der Waals surface area contributed by atoms with Crippen LogP contribution >= 0.6 is 0 Å². The van der Waals surface area contributed by atoms with E-state index in [0.717, 1.165) is 0 Å². The molecule has 0 bridgehead atoms. The highest BCUT2D eigenvalue weighted by Gasteiger charge is 2.31. The second-order valence-electron chi connectivity index (χ2n) is 4.17. The van der Waals surface area contributed by atoms with Crippen molar-refractivity contribution in [2.75, 3.05) is 7.11 Å². The van der Waals surface area contributed by atoms with Gasteiger partial charge in [-0.05, 0) is 18.6 Å². The molecule has 16 heavy (non-hydrogen) atoms. The Morgan fingerprint density at radius 2 is 2.19 bits per heavy atom. The van der Waals surface area contributed by atoms with E-state index in [1.165, 1.54) is 19.3 Å². The van der Waals surface area contributed by atoms with Crippen molar-refractivity contribution in [2.24, 2.45) is 5.73 Å². The van der Waals surface area contributed by atoms with Crippen LogP contribution in [0.2, 0.25) is 0 Å². The van der Waals surface area contributed by atoms with E-state index in [9.17, 15) is 15.0 Å². The topological polar surface area (TPSA) is 92.8 Å².